The molecule has 0 saturated carbocycles. The van der Waals surface area contributed by atoms with Crippen LogP contribution < -0.4 is 0 Å². The molecule has 4 nitrogen and oxygen atoms in total. The maximum atomic E-state index is 3.66. The summed E-state index contributed by atoms with van der Waals surface area (Å²) in [6.07, 6.45) is 8.14. The molecule has 4 aliphatic rings. The van der Waals surface area contributed by atoms with Gasteiger partial charge < -0.3 is 19.9 Å². The van der Waals surface area contributed by atoms with Gasteiger partial charge in [-0.25, -0.2) is 0 Å². The van der Waals surface area contributed by atoms with Crippen LogP contribution in [-0.4, -0.2) is 19.9 Å². The Kier molecular flexibility index (Phi) is 9.37. The Labute approximate surface area is 493 Å². The Hall–Kier alpha value is -10.9. The van der Waals surface area contributed by atoms with Gasteiger partial charge in [-0.15, -0.1) is 0 Å². The van der Waals surface area contributed by atoms with Crippen molar-refractivity contribution >= 4 is 153 Å². The third-order valence-electron chi connectivity index (χ3n) is 20.0. The van der Waals surface area contributed by atoms with Gasteiger partial charge in [-0.2, -0.15) is 0 Å². The highest BCUT2D eigenvalue weighted by molar-refractivity contribution is 6.28. The average molecular weight is 1090 g/mol. The zero-order valence-corrected chi connectivity index (χ0v) is 46.9. The summed E-state index contributed by atoms with van der Waals surface area (Å²) in [4.78, 5) is 14.5. The minimum absolute atomic E-state index is 0.436. The third kappa shape index (κ3) is 6.47. The lowest BCUT2D eigenvalue weighted by Crippen LogP contribution is -2.11. The van der Waals surface area contributed by atoms with E-state index in [0.29, 0.717) is 5.92 Å². The standard InChI is InChI=1S/C29H19N.C27H17N.C26H16N2/c1-2-6-20-16(5-1)13-19-14-17-9-10-18-15-25-29(21-7-3-4-8-24(21)30-25)23-12-11-22(26(19)20)27(17)28(18)23;1-2-6-18-16(5-1)15-17-9-10-19-20-13-14-25-27(22(20)12-11-21(19)26(17)18)23-7-3-4-8-24(23)28-25;1-3-7-17-15(5-1)9-11-21-25(17)19-13-24-20(14-23(19)27-21)26-18-8-4-2-6-16(18)10-12-22(26)28-24/h1-11,14-15,26,30H,12-13H2;1-14,28H,15H2;1-14,27-28H. The Bertz CT molecular complexity index is 6000. The maximum Gasteiger partial charge on any atom is 0.0474 e. The molecule has 18 aromatic rings. The Morgan fingerprint density at radius 3 is 1.59 bits per heavy atom. The van der Waals surface area contributed by atoms with Crippen molar-refractivity contribution in [1.29, 1.82) is 0 Å². The van der Waals surface area contributed by atoms with Crippen molar-refractivity contribution in [3.63, 3.8) is 0 Å². The Balaban J connectivity index is 0.0000000917. The van der Waals surface area contributed by atoms with Crippen LogP contribution in [0.15, 0.2) is 248 Å². The molecular formula is C82H52N4. The number of fused-ring (bicyclic) bond motifs is 29. The van der Waals surface area contributed by atoms with E-state index < -0.39 is 0 Å². The normalized spacial score (nSPS) is 14.6. The molecule has 4 N–H and O–H groups in total. The first kappa shape index (κ1) is 46.5. The first-order valence-electron chi connectivity index (χ1n) is 30.3. The molecule has 0 amide bonds. The molecule has 1 atom stereocenters. The highest BCUT2D eigenvalue weighted by Crippen LogP contribution is 2.55. The van der Waals surface area contributed by atoms with Gasteiger partial charge in [-0.05, 0) is 177 Å². The van der Waals surface area contributed by atoms with Crippen LogP contribution in [0.1, 0.15) is 44.9 Å². The smallest absolute Gasteiger partial charge is 0.0474 e. The van der Waals surface area contributed by atoms with Crippen molar-refractivity contribution in [2.24, 2.45) is 0 Å². The molecule has 4 heterocycles. The number of allylic oxidation sites excluding steroid dienone is 3. The zero-order chi connectivity index (χ0) is 55.9. The van der Waals surface area contributed by atoms with Crippen molar-refractivity contribution in [3.8, 4) is 11.1 Å². The summed E-state index contributed by atoms with van der Waals surface area (Å²) in [6.45, 7) is 0. The van der Waals surface area contributed by atoms with Gasteiger partial charge in [0.1, 0.15) is 0 Å². The number of nitrogens with one attached hydrogen (secondary N) is 4. The summed E-state index contributed by atoms with van der Waals surface area (Å²) in [5, 5.41) is 23.9. The number of hydrogen-bond donors (Lipinski definition) is 4. The predicted octanol–water partition coefficient (Wildman–Crippen LogP) is 21.6. The molecule has 0 bridgehead atoms. The fourth-order valence-electron chi connectivity index (χ4n) is 16.4. The minimum atomic E-state index is 0.436. The number of rotatable bonds is 0. The van der Waals surface area contributed by atoms with Crippen molar-refractivity contribution in [2.45, 2.75) is 25.2 Å². The second-order valence-electron chi connectivity index (χ2n) is 24.4. The van der Waals surface area contributed by atoms with E-state index in [-0.39, 0.29) is 0 Å². The summed E-state index contributed by atoms with van der Waals surface area (Å²) >= 11 is 0. The molecular weight excluding hydrogens is 1040 g/mol. The van der Waals surface area contributed by atoms with Crippen molar-refractivity contribution < 1.29 is 0 Å². The lowest BCUT2D eigenvalue weighted by molar-refractivity contribution is 1.03. The molecule has 400 valence electrons. The first-order valence-corrected chi connectivity index (χ1v) is 30.3. The molecule has 4 heteroatoms. The molecule has 4 aliphatic carbocycles. The lowest BCUT2D eigenvalue weighted by Gasteiger charge is -2.30. The SMILES string of the molecule is C1=C2Cc3ccccc3C2C2=CCc3c4c2c1ccc4cc1[nH]c2ccccc2c31.c1ccc2c(c1)Cc1ccc3c(ccc4c3ccc3[nH]c5ccccc5c34)c1-2.c1ccc2c(c1)ccc1[nH]c3cc4c(cc3c12)[nH]c1ccc2ccccc2c14. The van der Waals surface area contributed by atoms with Gasteiger partial charge in [0.25, 0.3) is 0 Å². The molecule has 0 spiro atoms. The van der Waals surface area contributed by atoms with Crippen LogP contribution in [0, 0.1) is 0 Å². The van der Waals surface area contributed by atoms with E-state index in [1.165, 1.54) is 197 Å². The topological polar surface area (TPSA) is 63.2 Å². The van der Waals surface area contributed by atoms with Gasteiger partial charge in [0, 0.05) is 93.1 Å². The van der Waals surface area contributed by atoms with Gasteiger partial charge in [0.15, 0.2) is 0 Å². The summed E-state index contributed by atoms with van der Waals surface area (Å²) in [5.74, 6) is 0.436. The second kappa shape index (κ2) is 17.3. The molecule has 0 fully saturated rings. The Morgan fingerprint density at radius 1 is 0.302 bits per heavy atom. The summed E-state index contributed by atoms with van der Waals surface area (Å²) in [5.41, 5.74) is 25.8. The number of aromatic nitrogens is 4. The molecule has 14 aromatic carbocycles. The van der Waals surface area contributed by atoms with E-state index in [4.69, 9.17) is 0 Å². The number of benzene rings is 14. The van der Waals surface area contributed by atoms with Crippen LogP contribution in [0.25, 0.3) is 164 Å². The minimum Gasteiger partial charge on any atom is -0.354 e. The van der Waals surface area contributed by atoms with Crippen molar-refractivity contribution in [3.05, 3.63) is 287 Å². The highest BCUT2D eigenvalue weighted by atomic mass is 14.7. The Morgan fingerprint density at radius 2 is 0.849 bits per heavy atom. The first-order chi connectivity index (χ1) is 42.6. The molecule has 86 heavy (non-hydrogen) atoms. The number of H-pyrrole nitrogens is 4. The van der Waals surface area contributed by atoms with Gasteiger partial charge in [0.05, 0.1) is 0 Å². The maximum absolute atomic E-state index is 3.66. The molecule has 0 radical (unpaired) electrons. The van der Waals surface area contributed by atoms with Crippen LogP contribution in [0.2, 0.25) is 0 Å². The van der Waals surface area contributed by atoms with Crippen LogP contribution in [0.5, 0.6) is 0 Å². The highest BCUT2D eigenvalue weighted by Gasteiger charge is 2.37. The summed E-state index contributed by atoms with van der Waals surface area (Å²) < 4.78 is 0. The largest absolute Gasteiger partial charge is 0.354 e. The van der Waals surface area contributed by atoms with E-state index >= 15 is 0 Å². The monoisotopic (exact) mass is 1090 g/mol. The number of hydrogen-bond acceptors (Lipinski definition) is 0. The quantitative estimate of drug-likeness (QED) is 0.109. The van der Waals surface area contributed by atoms with Crippen LogP contribution >= 0.6 is 0 Å². The zero-order valence-electron chi connectivity index (χ0n) is 46.9. The number of aromatic amines is 4. The van der Waals surface area contributed by atoms with E-state index in [2.05, 4.69) is 269 Å². The second-order valence-corrected chi connectivity index (χ2v) is 24.4. The predicted molar refractivity (Wildman–Crippen MR) is 365 cm³/mol. The fourth-order valence-corrected chi connectivity index (χ4v) is 16.4. The van der Waals surface area contributed by atoms with E-state index in [1.807, 2.05) is 0 Å². The van der Waals surface area contributed by atoms with Gasteiger partial charge in [-0.1, -0.05) is 206 Å². The van der Waals surface area contributed by atoms with Gasteiger partial charge in [0.2, 0.25) is 0 Å². The average Bonchev–Trinajstić information content (AvgIpc) is 2.12. The summed E-state index contributed by atoms with van der Waals surface area (Å²) in [7, 11) is 0. The van der Waals surface area contributed by atoms with Gasteiger partial charge in [-0.3, -0.25) is 0 Å². The number of para-hydroxylation sites is 2. The molecule has 0 saturated heterocycles. The molecule has 22 rings (SSSR count). The summed E-state index contributed by atoms with van der Waals surface area (Å²) in [6, 6.07) is 86.7. The fraction of sp³-hybridized carbons (Fsp3) is 0.0488. The van der Waals surface area contributed by atoms with Crippen LogP contribution in [0.3, 0.4) is 0 Å². The molecule has 1 unspecified atom stereocenters. The van der Waals surface area contributed by atoms with Crippen LogP contribution in [-0.2, 0) is 19.3 Å². The van der Waals surface area contributed by atoms with Crippen molar-refractivity contribution in [1.82, 2.24) is 19.9 Å². The molecule has 4 aromatic heterocycles. The van der Waals surface area contributed by atoms with Gasteiger partial charge >= 0.3 is 0 Å². The lowest BCUT2D eigenvalue weighted by atomic mass is 9.73. The van der Waals surface area contributed by atoms with Crippen LogP contribution in [0.4, 0.5) is 0 Å². The van der Waals surface area contributed by atoms with E-state index in [0.717, 1.165) is 19.3 Å². The van der Waals surface area contributed by atoms with E-state index in [9.17, 15) is 0 Å². The third-order valence-corrected chi connectivity index (χ3v) is 20.0. The molecule has 0 aliphatic heterocycles. The van der Waals surface area contributed by atoms with E-state index in [1.54, 1.807) is 5.57 Å². The van der Waals surface area contributed by atoms with Crippen molar-refractivity contribution in [2.75, 3.05) is 0 Å².